The molecule has 2 aliphatic rings. The minimum atomic E-state index is -3.32. The number of rotatable bonds is 5. The lowest BCUT2D eigenvalue weighted by Gasteiger charge is -2.33. The monoisotopic (exact) mass is 466 g/mol. The standard InChI is InChI=1S/C20H23FN4O4S2/c1-2-31(27,28)24-9-5-6-14(13-24)20(26)25-10-11-30-18(25)12-17-22-19(23-29-17)15-7-3-4-8-16(15)21/h3-4,7-8,12,14H,2,5-6,9-11,13H2,1H3/b18-12+/t14-/m1/s1. The summed E-state index contributed by atoms with van der Waals surface area (Å²) in [5.41, 5.74) is 0.238. The van der Waals surface area contributed by atoms with Gasteiger partial charge in [-0.15, -0.1) is 11.8 Å². The molecular weight excluding hydrogens is 443 g/mol. The van der Waals surface area contributed by atoms with E-state index in [9.17, 15) is 17.6 Å². The molecule has 1 aromatic carbocycles. The lowest BCUT2D eigenvalue weighted by molar-refractivity contribution is -0.133. The minimum Gasteiger partial charge on any atom is -0.334 e. The summed E-state index contributed by atoms with van der Waals surface area (Å²) < 4.78 is 45.1. The highest BCUT2D eigenvalue weighted by Gasteiger charge is 2.36. The van der Waals surface area contributed by atoms with E-state index in [0.717, 1.165) is 5.75 Å². The maximum atomic E-state index is 14.0. The van der Waals surface area contributed by atoms with Crippen LogP contribution in [0, 0.1) is 11.7 Å². The fourth-order valence-corrected chi connectivity index (χ4v) is 5.90. The van der Waals surface area contributed by atoms with Gasteiger partial charge < -0.3 is 9.42 Å². The maximum absolute atomic E-state index is 14.0. The number of sulfonamides is 1. The average molecular weight is 467 g/mol. The van der Waals surface area contributed by atoms with Crippen LogP contribution in [0.3, 0.4) is 0 Å². The number of nitrogens with zero attached hydrogens (tertiary/aromatic N) is 4. The molecule has 1 aromatic heterocycles. The number of hydrogen-bond donors (Lipinski definition) is 0. The SMILES string of the molecule is CCS(=O)(=O)N1CCC[C@@H](C(=O)N2CCS/C2=C/c2nc(-c3ccccc3F)no2)C1. The molecule has 0 saturated carbocycles. The maximum Gasteiger partial charge on any atom is 0.253 e. The molecule has 0 unspecified atom stereocenters. The van der Waals surface area contributed by atoms with Gasteiger partial charge in [0, 0.05) is 31.5 Å². The first-order chi connectivity index (χ1) is 14.9. The Morgan fingerprint density at radius 1 is 1.35 bits per heavy atom. The fraction of sp³-hybridized carbons (Fsp3) is 0.450. The second kappa shape index (κ2) is 9.09. The summed E-state index contributed by atoms with van der Waals surface area (Å²) in [4.78, 5) is 19.1. The van der Waals surface area contributed by atoms with Crippen molar-refractivity contribution in [3.63, 3.8) is 0 Å². The number of piperidine rings is 1. The van der Waals surface area contributed by atoms with E-state index in [4.69, 9.17) is 4.52 Å². The van der Waals surface area contributed by atoms with Crippen LogP contribution in [0.5, 0.6) is 0 Å². The van der Waals surface area contributed by atoms with E-state index >= 15 is 0 Å². The molecule has 1 atom stereocenters. The summed E-state index contributed by atoms with van der Waals surface area (Å²) in [5, 5.41) is 4.51. The molecule has 0 spiro atoms. The van der Waals surface area contributed by atoms with Crippen LogP contribution in [0.2, 0.25) is 0 Å². The van der Waals surface area contributed by atoms with Crippen LogP contribution in [0.4, 0.5) is 4.39 Å². The molecule has 31 heavy (non-hydrogen) atoms. The highest BCUT2D eigenvalue weighted by atomic mass is 32.2. The largest absolute Gasteiger partial charge is 0.334 e. The van der Waals surface area contributed by atoms with Gasteiger partial charge in [-0.3, -0.25) is 4.79 Å². The first-order valence-electron chi connectivity index (χ1n) is 10.1. The van der Waals surface area contributed by atoms with Crippen molar-refractivity contribution in [2.45, 2.75) is 19.8 Å². The number of hydrogen-bond acceptors (Lipinski definition) is 7. The average Bonchev–Trinajstić information content (AvgIpc) is 3.44. The molecule has 0 aliphatic carbocycles. The second-order valence-electron chi connectivity index (χ2n) is 7.35. The van der Waals surface area contributed by atoms with Crippen molar-refractivity contribution in [1.29, 1.82) is 0 Å². The van der Waals surface area contributed by atoms with Crippen LogP contribution in [0.1, 0.15) is 25.7 Å². The highest BCUT2D eigenvalue weighted by Crippen LogP contribution is 2.33. The number of carbonyl (C=O) groups excluding carboxylic acids is 1. The summed E-state index contributed by atoms with van der Waals surface area (Å²) in [7, 11) is -3.32. The van der Waals surface area contributed by atoms with E-state index in [1.165, 1.54) is 22.1 Å². The van der Waals surface area contributed by atoms with Gasteiger partial charge in [-0.1, -0.05) is 17.3 Å². The molecule has 2 aliphatic heterocycles. The van der Waals surface area contributed by atoms with Gasteiger partial charge in [-0.2, -0.15) is 4.98 Å². The molecule has 8 nitrogen and oxygen atoms in total. The first-order valence-corrected chi connectivity index (χ1v) is 12.7. The van der Waals surface area contributed by atoms with E-state index < -0.39 is 15.8 Å². The van der Waals surface area contributed by atoms with Crippen molar-refractivity contribution in [2.24, 2.45) is 5.92 Å². The molecule has 2 aromatic rings. The zero-order valence-corrected chi connectivity index (χ0v) is 18.7. The van der Waals surface area contributed by atoms with Gasteiger partial charge in [-0.25, -0.2) is 17.1 Å². The molecule has 2 saturated heterocycles. The van der Waals surface area contributed by atoms with Crippen molar-refractivity contribution in [1.82, 2.24) is 19.3 Å². The van der Waals surface area contributed by atoms with Gasteiger partial charge in [-0.05, 0) is 31.9 Å². The van der Waals surface area contributed by atoms with Crippen LogP contribution in [0.15, 0.2) is 33.8 Å². The van der Waals surface area contributed by atoms with Crippen molar-refractivity contribution in [3.05, 3.63) is 41.0 Å². The summed E-state index contributed by atoms with van der Waals surface area (Å²) in [5.74, 6) is 0.140. The second-order valence-corrected chi connectivity index (χ2v) is 10.7. The zero-order chi connectivity index (χ0) is 22.0. The van der Waals surface area contributed by atoms with Crippen molar-refractivity contribution in [3.8, 4) is 11.4 Å². The van der Waals surface area contributed by atoms with Crippen LogP contribution in [-0.2, 0) is 14.8 Å². The molecule has 4 rings (SSSR count). The molecule has 11 heteroatoms. The first kappa shape index (κ1) is 22.0. The number of carbonyl (C=O) groups is 1. The van der Waals surface area contributed by atoms with Gasteiger partial charge in [0.15, 0.2) is 0 Å². The number of amides is 1. The Balaban J connectivity index is 1.51. The minimum absolute atomic E-state index is 0.0279. The van der Waals surface area contributed by atoms with Crippen LogP contribution in [-0.4, -0.2) is 64.8 Å². The predicted molar refractivity (Wildman–Crippen MR) is 116 cm³/mol. The van der Waals surface area contributed by atoms with E-state index in [2.05, 4.69) is 10.1 Å². The summed E-state index contributed by atoms with van der Waals surface area (Å²) in [6.45, 7) is 2.80. The molecule has 0 N–H and O–H groups in total. The van der Waals surface area contributed by atoms with Gasteiger partial charge in [0.25, 0.3) is 5.89 Å². The Bertz CT molecular complexity index is 1100. The lowest BCUT2D eigenvalue weighted by Crippen LogP contribution is -2.46. The van der Waals surface area contributed by atoms with Crippen molar-refractivity contribution < 1.29 is 22.1 Å². The molecule has 0 radical (unpaired) electrons. The topological polar surface area (TPSA) is 96.6 Å². The molecular formula is C20H23FN4O4S2. The van der Waals surface area contributed by atoms with Crippen molar-refractivity contribution >= 4 is 33.8 Å². The Kier molecular flexibility index (Phi) is 6.44. The Morgan fingerprint density at radius 2 is 2.16 bits per heavy atom. The molecule has 2 fully saturated rings. The number of benzene rings is 1. The third-order valence-corrected chi connectivity index (χ3v) is 8.26. The summed E-state index contributed by atoms with van der Waals surface area (Å²) in [6, 6.07) is 6.16. The number of thioether (sulfide) groups is 1. The number of halogens is 1. The van der Waals surface area contributed by atoms with E-state index in [0.29, 0.717) is 31.0 Å². The molecule has 3 heterocycles. The van der Waals surface area contributed by atoms with Crippen LogP contribution >= 0.6 is 11.8 Å². The third kappa shape index (κ3) is 4.68. The Hall–Kier alpha value is -2.24. The predicted octanol–water partition coefficient (Wildman–Crippen LogP) is 2.81. The van der Waals surface area contributed by atoms with Crippen molar-refractivity contribution in [2.75, 3.05) is 31.1 Å². The van der Waals surface area contributed by atoms with Crippen LogP contribution < -0.4 is 0 Å². The quantitative estimate of drug-likeness (QED) is 0.668. The Morgan fingerprint density at radius 3 is 2.94 bits per heavy atom. The number of aromatic nitrogens is 2. The fourth-order valence-electron chi connectivity index (χ4n) is 3.72. The van der Waals surface area contributed by atoms with E-state index in [1.807, 2.05) is 0 Å². The summed E-state index contributed by atoms with van der Waals surface area (Å²) >= 11 is 1.49. The molecule has 1 amide bonds. The van der Waals surface area contributed by atoms with E-state index in [-0.39, 0.29) is 41.4 Å². The van der Waals surface area contributed by atoms with E-state index in [1.54, 1.807) is 36.1 Å². The smallest absolute Gasteiger partial charge is 0.253 e. The zero-order valence-electron chi connectivity index (χ0n) is 17.0. The van der Waals surface area contributed by atoms with Gasteiger partial charge >= 0.3 is 0 Å². The Labute approximate surface area is 184 Å². The third-order valence-electron chi connectivity index (χ3n) is 5.39. The van der Waals surface area contributed by atoms with Gasteiger partial charge in [0.2, 0.25) is 21.8 Å². The van der Waals surface area contributed by atoms with Gasteiger partial charge in [0.1, 0.15) is 5.82 Å². The van der Waals surface area contributed by atoms with Gasteiger partial charge in [0.05, 0.1) is 22.3 Å². The normalized spacial score (nSPS) is 21.7. The molecule has 0 bridgehead atoms. The lowest BCUT2D eigenvalue weighted by atomic mass is 9.98. The highest BCUT2D eigenvalue weighted by molar-refractivity contribution is 8.03. The molecule has 166 valence electrons. The van der Waals surface area contributed by atoms with Crippen LogP contribution in [0.25, 0.3) is 17.5 Å². The summed E-state index contributed by atoms with van der Waals surface area (Å²) in [6.07, 6.45) is 2.93.